The van der Waals surface area contributed by atoms with Gasteiger partial charge in [-0.2, -0.15) is 8.78 Å². The molecule has 0 atom stereocenters. The van der Waals surface area contributed by atoms with Gasteiger partial charge in [-0.1, -0.05) is 0 Å². The van der Waals surface area contributed by atoms with E-state index in [4.69, 9.17) is 14.2 Å². The molecule has 0 saturated heterocycles. The van der Waals surface area contributed by atoms with Gasteiger partial charge in [0.2, 0.25) is 6.79 Å². The van der Waals surface area contributed by atoms with Crippen molar-refractivity contribution in [3.63, 3.8) is 0 Å². The first kappa shape index (κ1) is 20.1. The Morgan fingerprint density at radius 1 is 1.00 bits per heavy atom. The van der Waals surface area contributed by atoms with E-state index in [1.165, 1.54) is 36.4 Å². The first-order valence-electron chi connectivity index (χ1n) is 8.34. The van der Waals surface area contributed by atoms with Crippen molar-refractivity contribution in [1.82, 2.24) is 5.32 Å². The second kappa shape index (κ2) is 9.00. The topological polar surface area (TPSA) is 100 Å². The number of esters is 1. The maximum absolute atomic E-state index is 12.1. The Bertz CT molecular complexity index is 915. The zero-order valence-corrected chi connectivity index (χ0v) is 14.9. The van der Waals surface area contributed by atoms with Crippen molar-refractivity contribution >= 4 is 17.7 Å². The summed E-state index contributed by atoms with van der Waals surface area (Å²) in [6.07, 6.45) is 0. The molecule has 0 radical (unpaired) electrons. The van der Waals surface area contributed by atoms with Crippen LogP contribution >= 0.6 is 0 Å². The van der Waals surface area contributed by atoms with Crippen molar-refractivity contribution in [2.45, 2.75) is 6.61 Å². The summed E-state index contributed by atoms with van der Waals surface area (Å²) in [6, 6.07) is 9.52. The normalized spacial score (nSPS) is 11.8. The Hall–Kier alpha value is -3.69. The highest BCUT2D eigenvalue weighted by Gasteiger charge is 2.17. The Kier molecular flexibility index (Phi) is 6.22. The van der Waals surface area contributed by atoms with Gasteiger partial charge in [0.1, 0.15) is 12.3 Å². The molecule has 1 amide bonds. The van der Waals surface area contributed by atoms with Crippen molar-refractivity contribution in [3.8, 4) is 17.2 Å². The number of hydrogen-bond acceptors (Lipinski definition) is 7. The van der Waals surface area contributed by atoms with Gasteiger partial charge in [-0.3, -0.25) is 14.4 Å². The zero-order chi connectivity index (χ0) is 20.8. The van der Waals surface area contributed by atoms with Gasteiger partial charge in [0.15, 0.2) is 23.9 Å². The van der Waals surface area contributed by atoms with Crippen molar-refractivity contribution in [3.05, 3.63) is 53.6 Å². The van der Waals surface area contributed by atoms with E-state index in [0.717, 1.165) is 0 Å². The minimum absolute atomic E-state index is 0.0722. The zero-order valence-electron chi connectivity index (χ0n) is 14.9. The minimum atomic E-state index is -2.97. The van der Waals surface area contributed by atoms with Crippen LogP contribution in [0.5, 0.6) is 17.2 Å². The number of hydrogen-bond donors (Lipinski definition) is 1. The third-order valence-corrected chi connectivity index (χ3v) is 3.79. The number of alkyl halides is 2. The van der Waals surface area contributed by atoms with Crippen molar-refractivity contribution in [2.24, 2.45) is 0 Å². The predicted molar refractivity (Wildman–Crippen MR) is 93.3 cm³/mol. The van der Waals surface area contributed by atoms with Gasteiger partial charge in [-0.25, -0.2) is 0 Å². The Morgan fingerprint density at radius 3 is 2.41 bits per heavy atom. The third-order valence-electron chi connectivity index (χ3n) is 3.79. The smallest absolute Gasteiger partial charge is 0.387 e. The quantitative estimate of drug-likeness (QED) is 0.529. The number of carbonyl (C=O) groups excluding carboxylic acids is 3. The molecule has 3 rings (SSSR count). The van der Waals surface area contributed by atoms with Gasteiger partial charge in [0.05, 0.1) is 0 Å². The lowest BCUT2D eigenvalue weighted by Gasteiger charge is -2.08. The van der Waals surface area contributed by atoms with Crippen LogP contribution in [0.1, 0.15) is 20.7 Å². The van der Waals surface area contributed by atoms with Crippen LogP contribution in [0.25, 0.3) is 0 Å². The number of halogens is 2. The summed E-state index contributed by atoms with van der Waals surface area (Å²) in [6.45, 7) is -3.90. The van der Waals surface area contributed by atoms with Crippen LogP contribution in [0.4, 0.5) is 8.78 Å². The minimum Gasteiger partial charge on any atom is -0.456 e. The van der Waals surface area contributed by atoms with Crippen molar-refractivity contribution in [2.75, 3.05) is 19.9 Å². The van der Waals surface area contributed by atoms with E-state index in [2.05, 4.69) is 10.1 Å². The molecule has 8 nitrogen and oxygen atoms in total. The van der Waals surface area contributed by atoms with Gasteiger partial charge in [0.25, 0.3) is 5.91 Å². The average Bonchev–Trinajstić information content (AvgIpc) is 3.18. The van der Waals surface area contributed by atoms with Crippen LogP contribution in [-0.4, -0.2) is 44.2 Å². The summed E-state index contributed by atoms with van der Waals surface area (Å²) in [7, 11) is 0. The molecule has 0 saturated carbocycles. The molecule has 152 valence electrons. The van der Waals surface area contributed by atoms with E-state index < -0.39 is 37.4 Å². The second-order valence-electron chi connectivity index (χ2n) is 5.74. The van der Waals surface area contributed by atoms with Gasteiger partial charge in [-0.05, 0) is 42.5 Å². The Morgan fingerprint density at radius 2 is 1.69 bits per heavy atom. The maximum Gasteiger partial charge on any atom is 0.387 e. The van der Waals surface area contributed by atoms with Crippen molar-refractivity contribution < 1.29 is 42.1 Å². The first-order valence-corrected chi connectivity index (χ1v) is 8.34. The predicted octanol–water partition coefficient (Wildman–Crippen LogP) is 2.17. The van der Waals surface area contributed by atoms with E-state index in [-0.39, 0.29) is 23.7 Å². The number of rotatable bonds is 8. The fraction of sp³-hybridized carbons (Fsp3) is 0.211. The molecular weight excluding hydrogens is 392 g/mol. The Labute approximate surface area is 163 Å². The highest BCUT2D eigenvalue weighted by Crippen LogP contribution is 2.32. The molecule has 2 aromatic rings. The number of ketones is 1. The van der Waals surface area contributed by atoms with Gasteiger partial charge in [-0.15, -0.1) is 0 Å². The number of Topliss-reactive ketones (excluding diaryl/α,β-unsaturated/α-hetero) is 1. The van der Waals surface area contributed by atoms with E-state index in [9.17, 15) is 23.2 Å². The van der Waals surface area contributed by atoms with Crippen LogP contribution < -0.4 is 19.5 Å². The number of fused-ring (bicyclic) bond motifs is 1. The lowest BCUT2D eigenvalue weighted by Crippen LogP contribution is -2.31. The highest BCUT2D eigenvalue weighted by molar-refractivity contribution is 5.99. The fourth-order valence-electron chi connectivity index (χ4n) is 2.39. The lowest BCUT2D eigenvalue weighted by atomic mass is 10.1. The molecule has 1 N–H and O–H groups in total. The van der Waals surface area contributed by atoms with E-state index in [1.807, 2.05) is 0 Å². The molecule has 1 aliphatic rings. The summed E-state index contributed by atoms with van der Waals surface area (Å²) in [5.74, 6) is -1.03. The van der Waals surface area contributed by atoms with E-state index >= 15 is 0 Å². The van der Waals surface area contributed by atoms with E-state index in [1.54, 1.807) is 6.07 Å². The average molecular weight is 407 g/mol. The molecule has 1 aliphatic heterocycles. The van der Waals surface area contributed by atoms with Crippen LogP contribution in [0.15, 0.2) is 42.5 Å². The van der Waals surface area contributed by atoms with Crippen LogP contribution in [0.2, 0.25) is 0 Å². The van der Waals surface area contributed by atoms with E-state index in [0.29, 0.717) is 11.5 Å². The SMILES string of the molecule is O=C(CNC(=O)c1ccc2c(c1)OCO2)OCC(=O)c1ccc(OC(F)F)cc1. The molecule has 0 spiro atoms. The lowest BCUT2D eigenvalue weighted by molar-refractivity contribution is -0.141. The molecule has 0 aliphatic carbocycles. The molecule has 2 aromatic carbocycles. The molecule has 29 heavy (non-hydrogen) atoms. The molecule has 0 aromatic heterocycles. The summed E-state index contributed by atoms with van der Waals surface area (Å²) < 4.78 is 43.5. The monoisotopic (exact) mass is 407 g/mol. The number of nitrogens with one attached hydrogen (secondary N) is 1. The first-order chi connectivity index (χ1) is 13.9. The van der Waals surface area contributed by atoms with Crippen LogP contribution in [0, 0.1) is 0 Å². The number of benzene rings is 2. The molecule has 0 fully saturated rings. The Balaban J connectivity index is 1.43. The third kappa shape index (κ3) is 5.41. The molecule has 0 bridgehead atoms. The summed E-state index contributed by atoms with van der Waals surface area (Å²) >= 11 is 0. The number of amides is 1. The largest absolute Gasteiger partial charge is 0.456 e. The van der Waals surface area contributed by atoms with Gasteiger partial charge < -0.3 is 24.3 Å². The highest BCUT2D eigenvalue weighted by atomic mass is 19.3. The van der Waals surface area contributed by atoms with Gasteiger partial charge in [0, 0.05) is 11.1 Å². The molecule has 10 heteroatoms. The summed E-state index contributed by atoms with van der Waals surface area (Å²) in [5, 5.41) is 2.37. The number of ether oxygens (including phenoxy) is 4. The molecule has 0 unspecified atom stereocenters. The second-order valence-corrected chi connectivity index (χ2v) is 5.74. The fourth-order valence-corrected chi connectivity index (χ4v) is 2.39. The summed E-state index contributed by atoms with van der Waals surface area (Å²) in [4.78, 5) is 35.8. The standard InChI is InChI=1S/C19H15F2NO7/c20-19(21)29-13-4-1-11(2-5-13)14(23)9-26-17(24)8-22-18(25)12-3-6-15-16(7-12)28-10-27-15/h1-7,19H,8-10H2,(H,22,25). The molecular formula is C19H15F2NO7. The maximum atomic E-state index is 12.1. The van der Waals surface area contributed by atoms with Crippen LogP contribution in [-0.2, 0) is 9.53 Å². The van der Waals surface area contributed by atoms with Gasteiger partial charge >= 0.3 is 12.6 Å². The number of carbonyl (C=O) groups is 3. The summed E-state index contributed by atoms with van der Waals surface area (Å²) in [5.41, 5.74) is 0.424. The van der Waals surface area contributed by atoms with Crippen molar-refractivity contribution in [1.29, 1.82) is 0 Å². The molecule has 1 heterocycles. The van der Waals surface area contributed by atoms with Crippen LogP contribution in [0.3, 0.4) is 0 Å².